The Bertz CT molecular complexity index is 555. The van der Waals surface area contributed by atoms with E-state index in [0.29, 0.717) is 6.42 Å². The maximum Gasteiger partial charge on any atom is 1.00 e. The number of alkyl halides is 1. The number of aliphatic carboxylic acids is 1. The number of aliphatic hydroxyl groups excluding tert-OH is 1. The number of allylic oxidation sites excluding steroid dienone is 2. The molecule has 0 aromatic carbocycles. The third kappa shape index (κ3) is 6.94. The normalized spacial score (nSPS) is 31.2. The number of rotatable bonds is 10. The minimum atomic E-state index is -1.08. The Balaban J connectivity index is 0.00000392. The maximum absolute atomic E-state index is 14.9. The van der Waals surface area contributed by atoms with E-state index in [9.17, 15) is 14.3 Å². The zero-order valence-corrected chi connectivity index (χ0v) is 19.8. The van der Waals surface area contributed by atoms with Gasteiger partial charge in [0.15, 0.2) is 0 Å². The quantitative estimate of drug-likeness (QED) is 0.429. The van der Waals surface area contributed by atoms with Gasteiger partial charge in [0.25, 0.3) is 0 Å². The van der Waals surface area contributed by atoms with E-state index in [1.54, 1.807) is 12.2 Å². The minimum Gasteiger partial charge on any atom is -1.00 e. The summed E-state index contributed by atoms with van der Waals surface area (Å²) in [7, 11) is 0. The fraction of sp³-hybridized carbons (Fsp3) is 0.773. The van der Waals surface area contributed by atoms with Gasteiger partial charge in [0, 0.05) is 12.3 Å². The first kappa shape index (κ1) is 25.8. The first-order chi connectivity index (χ1) is 12.8. The number of hydrogen-bond donors (Lipinski definition) is 2. The van der Waals surface area contributed by atoms with Crippen LogP contribution in [0.15, 0.2) is 24.3 Å². The summed E-state index contributed by atoms with van der Waals surface area (Å²) in [6.45, 7) is 6.29. The summed E-state index contributed by atoms with van der Waals surface area (Å²) < 4.78 is 20.8. The Hall–Kier alpha value is -0.200. The van der Waals surface area contributed by atoms with E-state index in [1.807, 2.05) is 12.2 Å². The third-order valence-electron chi connectivity index (χ3n) is 6.09. The van der Waals surface area contributed by atoms with Crippen molar-refractivity contribution in [3.63, 3.8) is 0 Å². The molecule has 2 unspecified atom stereocenters. The fourth-order valence-corrected chi connectivity index (χ4v) is 4.22. The van der Waals surface area contributed by atoms with Crippen molar-refractivity contribution in [2.45, 2.75) is 90.2 Å². The largest absolute Gasteiger partial charge is 1.00 e. The average molecular weight is 407 g/mol. The van der Waals surface area contributed by atoms with E-state index in [2.05, 4.69) is 20.8 Å². The molecule has 6 atom stereocenters. The van der Waals surface area contributed by atoms with Crippen molar-refractivity contribution >= 4 is 5.97 Å². The van der Waals surface area contributed by atoms with Gasteiger partial charge in [-0.15, -0.1) is 0 Å². The molecule has 0 amide bonds. The molecular formula is C22H36FNaO4. The van der Waals surface area contributed by atoms with E-state index >= 15 is 0 Å². The van der Waals surface area contributed by atoms with Crippen LogP contribution in [-0.2, 0) is 9.53 Å². The third-order valence-corrected chi connectivity index (χ3v) is 6.09. The molecule has 1 saturated heterocycles. The summed E-state index contributed by atoms with van der Waals surface area (Å²) in [6.07, 6.45) is 10.2. The van der Waals surface area contributed by atoms with E-state index in [4.69, 9.17) is 9.84 Å². The molecule has 1 aliphatic heterocycles. The Morgan fingerprint density at radius 2 is 2.07 bits per heavy atom. The van der Waals surface area contributed by atoms with Crippen LogP contribution in [0.4, 0.5) is 4.39 Å². The van der Waals surface area contributed by atoms with Gasteiger partial charge in [-0.1, -0.05) is 57.9 Å². The molecule has 2 rings (SSSR count). The smallest absolute Gasteiger partial charge is 1.00 e. The van der Waals surface area contributed by atoms with Gasteiger partial charge in [-0.25, -0.2) is 4.39 Å². The summed E-state index contributed by atoms with van der Waals surface area (Å²) >= 11 is 0. The second-order valence-electron chi connectivity index (χ2n) is 8.68. The molecule has 0 spiro atoms. The van der Waals surface area contributed by atoms with Crippen molar-refractivity contribution in [3.8, 4) is 0 Å². The van der Waals surface area contributed by atoms with Crippen LogP contribution in [0.1, 0.15) is 67.1 Å². The predicted molar refractivity (Wildman–Crippen MR) is 105 cm³/mol. The molecule has 2 fully saturated rings. The Morgan fingerprint density at radius 3 is 2.71 bits per heavy atom. The first-order valence-corrected chi connectivity index (χ1v) is 10.3. The molecule has 28 heavy (non-hydrogen) atoms. The number of carboxylic acids is 1. The van der Waals surface area contributed by atoms with Crippen LogP contribution in [0.2, 0.25) is 0 Å². The number of carboxylic acid groups (broad SMARTS) is 1. The van der Waals surface area contributed by atoms with Gasteiger partial charge in [-0.3, -0.25) is 4.79 Å². The summed E-state index contributed by atoms with van der Waals surface area (Å²) in [6, 6.07) is 0. The molecule has 1 heterocycles. The predicted octanol–water partition coefficient (Wildman–Crippen LogP) is 1.79. The number of fused-ring (bicyclic) bond motifs is 1. The van der Waals surface area contributed by atoms with E-state index in [1.165, 1.54) is 0 Å². The topological polar surface area (TPSA) is 66.8 Å². The van der Waals surface area contributed by atoms with Crippen molar-refractivity contribution in [2.24, 2.45) is 17.3 Å². The van der Waals surface area contributed by atoms with Crippen molar-refractivity contribution in [1.29, 1.82) is 0 Å². The first-order valence-electron chi connectivity index (χ1n) is 10.3. The zero-order chi connectivity index (χ0) is 20.0. The van der Waals surface area contributed by atoms with Crippen molar-refractivity contribution in [1.82, 2.24) is 0 Å². The van der Waals surface area contributed by atoms with Crippen LogP contribution in [0.25, 0.3) is 0 Å². The molecular weight excluding hydrogens is 370 g/mol. The van der Waals surface area contributed by atoms with Gasteiger partial charge < -0.3 is 16.4 Å². The number of unbranched alkanes of at least 4 members (excludes halogenated alkanes) is 1. The van der Waals surface area contributed by atoms with Gasteiger partial charge in [0.2, 0.25) is 0 Å². The molecule has 0 bridgehead atoms. The Morgan fingerprint density at radius 1 is 1.36 bits per heavy atom. The second-order valence-corrected chi connectivity index (χ2v) is 8.68. The van der Waals surface area contributed by atoms with Crippen LogP contribution in [0, 0.1) is 17.3 Å². The van der Waals surface area contributed by atoms with Crippen LogP contribution >= 0.6 is 0 Å². The minimum absolute atomic E-state index is 0. The van der Waals surface area contributed by atoms with Crippen LogP contribution in [0.5, 0.6) is 0 Å². The van der Waals surface area contributed by atoms with Crippen LogP contribution in [-0.4, -0.2) is 40.7 Å². The zero-order valence-electron chi connectivity index (χ0n) is 18.8. The maximum atomic E-state index is 14.9. The van der Waals surface area contributed by atoms with Gasteiger partial charge >= 0.3 is 35.5 Å². The van der Waals surface area contributed by atoms with E-state index in [0.717, 1.165) is 32.1 Å². The molecule has 1 aliphatic carbocycles. The molecule has 2 aliphatic rings. The van der Waals surface area contributed by atoms with Crippen LogP contribution in [0.3, 0.4) is 0 Å². The summed E-state index contributed by atoms with van der Waals surface area (Å²) in [5.41, 5.74) is -0.179. The molecule has 6 heteroatoms. The second kappa shape index (κ2) is 11.8. The fourth-order valence-electron chi connectivity index (χ4n) is 4.22. The Labute approximate surface area is 192 Å². The number of hydrogen-bond acceptors (Lipinski definition) is 3. The summed E-state index contributed by atoms with van der Waals surface area (Å²) in [5.74, 6) is -0.952. The Kier molecular flexibility index (Phi) is 10.9. The van der Waals surface area contributed by atoms with Crippen molar-refractivity contribution in [2.75, 3.05) is 0 Å². The van der Waals surface area contributed by atoms with Crippen molar-refractivity contribution in [3.05, 3.63) is 24.3 Å². The van der Waals surface area contributed by atoms with Gasteiger partial charge in [0.05, 0.1) is 12.2 Å². The standard InChI is InChI=1S/C22H35FO4.Na.H/c1-4-5-14-22(2,3)18(24)13-11-15-10-12-16-20(15)21(23)17(27-16)8-6-7-9-19(25)26;;/h6,8,11,13,15-18,20-21,24H,4-5,7,9-10,12,14H2,1-3H3,(H,25,26);;/q;+1;-1/b8-6+,13-11+;;/t15-,16+,17?,18-,20-,21?;;/m1../s1. The number of ether oxygens (including phenoxy) is 1. The van der Waals surface area contributed by atoms with Crippen LogP contribution < -0.4 is 29.6 Å². The summed E-state index contributed by atoms with van der Waals surface area (Å²) in [5, 5.41) is 19.2. The average Bonchev–Trinajstić information content (AvgIpc) is 3.15. The van der Waals surface area contributed by atoms with Crippen molar-refractivity contribution < 1.29 is 55.1 Å². The molecule has 0 aromatic rings. The molecule has 1 saturated carbocycles. The molecule has 0 aromatic heterocycles. The molecule has 0 radical (unpaired) electrons. The van der Waals surface area contributed by atoms with Gasteiger partial charge in [0.1, 0.15) is 12.3 Å². The molecule has 2 N–H and O–H groups in total. The van der Waals surface area contributed by atoms with E-state index in [-0.39, 0.29) is 60.8 Å². The number of carbonyl (C=O) groups is 1. The molecule has 4 nitrogen and oxygen atoms in total. The van der Waals surface area contributed by atoms with E-state index < -0.39 is 24.3 Å². The van der Waals surface area contributed by atoms with Gasteiger partial charge in [-0.2, -0.15) is 0 Å². The summed E-state index contributed by atoms with van der Waals surface area (Å²) in [4.78, 5) is 10.6. The number of halogens is 1. The SMILES string of the molecule is CCCCC(C)(C)[C@H](O)/C=C/[C@H]1CC[C@@H]2OC(/C=C/CCC(=O)O)C(F)[C@@H]21.[H-].[Na+]. The number of aliphatic hydroxyl groups is 1. The molecule has 156 valence electrons. The monoisotopic (exact) mass is 406 g/mol. The van der Waals surface area contributed by atoms with Gasteiger partial charge in [-0.05, 0) is 37.0 Å².